The van der Waals surface area contributed by atoms with Crippen molar-refractivity contribution < 1.29 is 13.2 Å². The fourth-order valence-electron chi connectivity index (χ4n) is 2.98. The molecule has 6 nitrogen and oxygen atoms in total. The highest BCUT2D eigenvalue weighted by Crippen LogP contribution is 2.18. The zero-order valence-corrected chi connectivity index (χ0v) is 14.1. The molecular weight excluding hydrogens is 314 g/mol. The Bertz CT molecular complexity index is 438. The van der Waals surface area contributed by atoms with Gasteiger partial charge >= 0.3 is 0 Å². The van der Waals surface area contributed by atoms with Crippen molar-refractivity contribution in [1.82, 2.24) is 14.9 Å². The van der Waals surface area contributed by atoms with Crippen LogP contribution in [-0.2, 0) is 14.8 Å². The Morgan fingerprint density at radius 3 is 2.67 bits per heavy atom. The number of nitrogens with one attached hydrogen (secondary N) is 2. The summed E-state index contributed by atoms with van der Waals surface area (Å²) < 4.78 is 24.8. The fraction of sp³-hybridized carbons (Fsp3) is 0.923. The van der Waals surface area contributed by atoms with Gasteiger partial charge in [0, 0.05) is 19.6 Å². The van der Waals surface area contributed by atoms with Crippen LogP contribution in [-0.4, -0.2) is 57.7 Å². The van der Waals surface area contributed by atoms with Gasteiger partial charge < -0.3 is 10.2 Å². The van der Waals surface area contributed by atoms with Gasteiger partial charge in [-0.2, -0.15) is 0 Å². The highest BCUT2D eigenvalue weighted by atomic mass is 35.5. The minimum Gasteiger partial charge on any atom is -0.341 e. The lowest BCUT2D eigenvalue weighted by molar-refractivity contribution is -0.135. The van der Waals surface area contributed by atoms with Gasteiger partial charge in [-0.1, -0.05) is 6.42 Å². The standard InChI is InChI=1S/C13H25N3O3S.ClH/c1-20(18,19)15-9-11-5-4-8-16(10-11)13(17)12-6-2-3-7-14-12;/h11-12,14-15H,2-10H2,1H3;1H/t11?,12-;/m0./s1. The van der Waals surface area contributed by atoms with Crippen LogP contribution in [0, 0.1) is 5.92 Å². The van der Waals surface area contributed by atoms with Crippen molar-refractivity contribution in [2.24, 2.45) is 5.92 Å². The number of sulfonamides is 1. The number of amides is 1. The van der Waals surface area contributed by atoms with E-state index in [4.69, 9.17) is 0 Å². The molecule has 1 amide bonds. The van der Waals surface area contributed by atoms with Crippen molar-refractivity contribution in [3.63, 3.8) is 0 Å². The number of hydrogen-bond donors (Lipinski definition) is 2. The van der Waals surface area contributed by atoms with Crippen LogP contribution in [0.25, 0.3) is 0 Å². The Kier molecular flexibility index (Phi) is 7.39. The number of likely N-dealkylation sites (tertiary alicyclic amines) is 1. The Morgan fingerprint density at radius 2 is 2.05 bits per heavy atom. The zero-order valence-electron chi connectivity index (χ0n) is 12.5. The summed E-state index contributed by atoms with van der Waals surface area (Å²) in [4.78, 5) is 14.3. The molecule has 0 aliphatic carbocycles. The average molecular weight is 340 g/mol. The first-order valence-electron chi connectivity index (χ1n) is 7.42. The van der Waals surface area contributed by atoms with Crippen molar-refractivity contribution >= 4 is 28.3 Å². The second kappa shape index (κ2) is 8.31. The van der Waals surface area contributed by atoms with E-state index in [0.29, 0.717) is 13.1 Å². The molecule has 0 bridgehead atoms. The average Bonchev–Trinajstić information content (AvgIpc) is 2.45. The molecule has 0 radical (unpaired) electrons. The Hall–Kier alpha value is -0.370. The minimum atomic E-state index is -3.15. The second-order valence-electron chi connectivity index (χ2n) is 5.92. The van der Waals surface area contributed by atoms with Gasteiger partial charge in [-0.25, -0.2) is 13.1 Å². The van der Waals surface area contributed by atoms with Crippen LogP contribution in [0.4, 0.5) is 0 Å². The molecule has 2 heterocycles. The molecular formula is C13H26ClN3O3S. The SMILES string of the molecule is CS(=O)(=O)NCC1CCCN(C(=O)[C@@H]2CCCCN2)C1.Cl. The third-order valence-corrected chi connectivity index (χ3v) is 4.76. The predicted molar refractivity (Wildman–Crippen MR) is 85.0 cm³/mol. The van der Waals surface area contributed by atoms with Gasteiger partial charge in [-0.05, 0) is 38.1 Å². The lowest BCUT2D eigenvalue weighted by atomic mass is 9.96. The maximum absolute atomic E-state index is 12.4. The Morgan fingerprint density at radius 1 is 1.29 bits per heavy atom. The summed E-state index contributed by atoms with van der Waals surface area (Å²) in [7, 11) is -3.15. The van der Waals surface area contributed by atoms with Gasteiger partial charge in [0.1, 0.15) is 0 Å². The van der Waals surface area contributed by atoms with E-state index in [1.54, 1.807) is 0 Å². The van der Waals surface area contributed by atoms with Crippen LogP contribution in [0.15, 0.2) is 0 Å². The number of halogens is 1. The van der Waals surface area contributed by atoms with Crippen molar-refractivity contribution in [3.8, 4) is 0 Å². The molecule has 0 spiro atoms. The number of nitrogens with zero attached hydrogens (tertiary/aromatic N) is 1. The van der Waals surface area contributed by atoms with E-state index in [9.17, 15) is 13.2 Å². The number of piperidine rings is 2. The van der Waals surface area contributed by atoms with Crippen molar-refractivity contribution in [2.75, 3.05) is 32.4 Å². The molecule has 2 fully saturated rings. The predicted octanol–water partition coefficient (Wildman–Crippen LogP) is 0.338. The Labute approximate surface area is 133 Å². The molecule has 2 rings (SSSR count). The molecule has 2 N–H and O–H groups in total. The van der Waals surface area contributed by atoms with E-state index >= 15 is 0 Å². The topological polar surface area (TPSA) is 78.5 Å². The van der Waals surface area contributed by atoms with Gasteiger partial charge in [0.05, 0.1) is 12.3 Å². The highest BCUT2D eigenvalue weighted by Gasteiger charge is 2.29. The first kappa shape index (κ1) is 18.7. The summed E-state index contributed by atoms with van der Waals surface area (Å²) in [6.07, 6.45) is 6.27. The summed E-state index contributed by atoms with van der Waals surface area (Å²) in [5.74, 6) is 0.416. The van der Waals surface area contributed by atoms with E-state index in [-0.39, 0.29) is 30.3 Å². The number of rotatable bonds is 4. The highest BCUT2D eigenvalue weighted by molar-refractivity contribution is 7.88. The smallest absolute Gasteiger partial charge is 0.239 e. The van der Waals surface area contributed by atoms with Crippen LogP contribution in [0.3, 0.4) is 0 Å². The third kappa shape index (κ3) is 6.10. The summed E-state index contributed by atoms with van der Waals surface area (Å²) in [5.41, 5.74) is 0. The normalized spacial score (nSPS) is 27.0. The zero-order chi connectivity index (χ0) is 14.6. The van der Waals surface area contributed by atoms with Gasteiger partial charge in [-0.15, -0.1) is 12.4 Å². The molecule has 2 aliphatic heterocycles. The molecule has 0 saturated carbocycles. The molecule has 0 aromatic heterocycles. The monoisotopic (exact) mass is 339 g/mol. The van der Waals surface area contributed by atoms with E-state index in [2.05, 4.69) is 10.0 Å². The fourth-order valence-corrected chi connectivity index (χ4v) is 3.52. The summed E-state index contributed by atoms with van der Waals surface area (Å²) in [6.45, 7) is 2.82. The maximum atomic E-state index is 12.4. The van der Waals surface area contributed by atoms with Gasteiger partial charge in [0.25, 0.3) is 0 Å². The van der Waals surface area contributed by atoms with E-state index in [1.807, 2.05) is 4.90 Å². The minimum absolute atomic E-state index is 0. The maximum Gasteiger partial charge on any atom is 0.239 e. The quantitative estimate of drug-likeness (QED) is 0.774. The molecule has 124 valence electrons. The van der Waals surface area contributed by atoms with Gasteiger partial charge in [-0.3, -0.25) is 4.79 Å². The third-order valence-electron chi connectivity index (χ3n) is 4.07. The van der Waals surface area contributed by atoms with Gasteiger partial charge in [0.2, 0.25) is 15.9 Å². The van der Waals surface area contributed by atoms with Crippen LogP contribution in [0.2, 0.25) is 0 Å². The van der Waals surface area contributed by atoms with E-state index in [1.165, 1.54) is 6.26 Å². The molecule has 21 heavy (non-hydrogen) atoms. The van der Waals surface area contributed by atoms with Crippen molar-refractivity contribution in [1.29, 1.82) is 0 Å². The molecule has 1 unspecified atom stereocenters. The molecule has 2 saturated heterocycles. The van der Waals surface area contributed by atoms with E-state index in [0.717, 1.165) is 45.2 Å². The number of hydrogen-bond acceptors (Lipinski definition) is 4. The lowest BCUT2D eigenvalue weighted by Gasteiger charge is -2.36. The number of carbonyl (C=O) groups excluding carboxylic acids is 1. The first-order valence-corrected chi connectivity index (χ1v) is 9.31. The summed E-state index contributed by atoms with van der Waals surface area (Å²) >= 11 is 0. The van der Waals surface area contributed by atoms with Crippen molar-refractivity contribution in [3.05, 3.63) is 0 Å². The molecule has 0 aromatic rings. The van der Waals surface area contributed by atoms with Crippen LogP contribution < -0.4 is 10.0 Å². The van der Waals surface area contributed by atoms with Crippen LogP contribution >= 0.6 is 12.4 Å². The molecule has 8 heteroatoms. The van der Waals surface area contributed by atoms with Crippen molar-refractivity contribution in [2.45, 2.75) is 38.1 Å². The summed E-state index contributed by atoms with van der Waals surface area (Å²) in [5, 5.41) is 3.28. The molecule has 2 atom stereocenters. The second-order valence-corrected chi connectivity index (χ2v) is 7.75. The lowest BCUT2D eigenvalue weighted by Crippen LogP contribution is -2.52. The first-order chi connectivity index (χ1) is 9.46. The number of carbonyl (C=O) groups is 1. The summed E-state index contributed by atoms with van der Waals surface area (Å²) in [6, 6.07) is -0.0367. The van der Waals surface area contributed by atoms with Crippen LogP contribution in [0.1, 0.15) is 32.1 Å². The van der Waals surface area contributed by atoms with Crippen LogP contribution in [0.5, 0.6) is 0 Å². The van der Waals surface area contributed by atoms with E-state index < -0.39 is 10.0 Å². The largest absolute Gasteiger partial charge is 0.341 e. The Balaban J connectivity index is 0.00000220. The molecule has 2 aliphatic rings. The van der Waals surface area contributed by atoms with Gasteiger partial charge in [0.15, 0.2) is 0 Å². The molecule has 0 aromatic carbocycles.